The van der Waals surface area contributed by atoms with Gasteiger partial charge in [0.05, 0.1) is 30.5 Å². The van der Waals surface area contributed by atoms with Crippen molar-refractivity contribution in [1.82, 2.24) is 0 Å². The number of hydrogen-bond donors (Lipinski definition) is 3. The van der Waals surface area contributed by atoms with Gasteiger partial charge in [0, 0.05) is 17.8 Å². The lowest BCUT2D eigenvalue weighted by Gasteiger charge is -2.24. The molecule has 4 aromatic rings. The van der Waals surface area contributed by atoms with E-state index in [1.54, 1.807) is 12.1 Å². The molecule has 4 N–H and O–H groups in total. The van der Waals surface area contributed by atoms with Crippen LogP contribution in [-0.2, 0) is 41.9 Å². The first-order valence-corrected chi connectivity index (χ1v) is 15.5. The summed E-state index contributed by atoms with van der Waals surface area (Å²) in [7, 11) is 2.80. The number of nitrogen functional groups attached to an aromatic ring is 1. The number of esters is 2. The Labute approximate surface area is 298 Å². The molecule has 16 nitrogen and oxygen atoms in total. The number of nitro benzene ring substituents is 1. The highest BCUT2D eigenvalue weighted by Crippen LogP contribution is 2.33. The van der Waals surface area contributed by atoms with Gasteiger partial charge in [-0.25, -0.2) is 0 Å². The van der Waals surface area contributed by atoms with E-state index < -0.39 is 41.9 Å². The summed E-state index contributed by atoms with van der Waals surface area (Å²) in [6.07, 6.45) is 0. The number of ether oxygens (including phenoxy) is 4. The molecule has 0 radical (unpaired) electrons. The lowest BCUT2D eigenvalue weighted by atomic mass is 10.2. The molecule has 0 aliphatic rings. The van der Waals surface area contributed by atoms with Crippen molar-refractivity contribution in [1.29, 1.82) is 0 Å². The first-order chi connectivity index (χ1) is 24.9. The van der Waals surface area contributed by atoms with Gasteiger partial charge in [0.15, 0.2) is 0 Å². The molecule has 4 rings (SSSR count). The van der Waals surface area contributed by atoms with E-state index in [4.69, 9.17) is 34.9 Å². The van der Waals surface area contributed by atoms with Crippen LogP contribution in [0.15, 0.2) is 97.1 Å². The Kier molecular flexibility index (Phi) is 15.2. The van der Waals surface area contributed by atoms with Crippen molar-refractivity contribution in [3.8, 4) is 11.5 Å². The molecule has 0 atom stereocenters. The summed E-state index contributed by atoms with van der Waals surface area (Å²) >= 11 is 0. The van der Waals surface area contributed by atoms with Crippen molar-refractivity contribution in [3.63, 3.8) is 0 Å². The number of rotatable bonds is 17. The van der Waals surface area contributed by atoms with Gasteiger partial charge in [-0.3, -0.25) is 29.3 Å². The summed E-state index contributed by atoms with van der Waals surface area (Å²) in [4.78, 5) is 59.9. The number of anilines is 3. The van der Waals surface area contributed by atoms with Crippen LogP contribution >= 0.6 is 0 Å². The van der Waals surface area contributed by atoms with E-state index in [9.17, 15) is 29.3 Å². The van der Waals surface area contributed by atoms with Gasteiger partial charge >= 0.3 is 23.9 Å². The zero-order chi connectivity index (χ0) is 38.0. The summed E-state index contributed by atoms with van der Waals surface area (Å²) in [6.45, 7) is -1.48. The molecule has 0 fully saturated rings. The van der Waals surface area contributed by atoms with Crippen LogP contribution in [0.3, 0.4) is 0 Å². The molecule has 16 heteroatoms. The number of nitrogens with zero attached hydrogens (tertiary/aromatic N) is 3. The second-order valence-electron chi connectivity index (χ2n) is 10.8. The van der Waals surface area contributed by atoms with Gasteiger partial charge in [-0.2, -0.15) is 0 Å². The fourth-order valence-corrected chi connectivity index (χ4v) is 4.65. The first-order valence-electron chi connectivity index (χ1n) is 15.5. The average Bonchev–Trinajstić information content (AvgIpc) is 3.13. The van der Waals surface area contributed by atoms with E-state index >= 15 is 0 Å². The summed E-state index contributed by atoms with van der Waals surface area (Å²) in [5.74, 6) is -2.88. The third kappa shape index (κ3) is 12.9. The van der Waals surface area contributed by atoms with Crippen LogP contribution < -0.4 is 25.0 Å². The third-order valence-electron chi connectivity index (χ3n) is 7.03. The number of carbonyl (C=O) groups excluding carboxylic acids is 2. The number of nitro groups is 1. The van der Waals surface area contributed by atoms with E-state index in [1.807, 2.05) is 60.7 Å². The standard InChI is InChI=1S/C25H24N2O7.C11H14N2O5/c1-32-23-13-12-21(27(30)31)14-22(23)26(15-24(28)33-17-19-8-4-2-5-9-19)16-25(29)34-18-20-10-6-3-7-11-20;1-18-9-3-2-7(12)4-8(9)13(5-10(14)15)6-11(16)17/h2-14H,15-18H2,1H3;2-4H,5-6,12H2,1H3,(H,14,15)(H,16,17). The van der Waals surface area contributed by atoms with E-state index in [-0.39, 0.29) is 43.4 Å². The summed E-state index contributed by atoms with van der Waals surface area (Å²) in [5.41, 5.74) is 7.93. The van der Waals surface area contributed by atoms with E-state index in [0.29, 0.717) is 17.1 Å². The van der Waals surface area contributed by atoms with Crippen molar-refractivity contribution in [2.24, 2.45) is 0 Å². The molecule has 0 spiro atoms. The monoisotopic (exact) mass is 718 g/mol. The fraction of sp³-hybridized carbons (Fsp3) is 0.222. The highest BCUT2D eigenvalue weighted by molar-refractivity contribution is 5.83. The van der Waals surface area contributed by atoms with Gasteiger partial charge in [0.2, 0.25) is 0 Å². The number of carbonyl (C=O) groups is 4. The Bertz CT molecular complexity index is 1750. The van der Waals surface area contributed by atoms with Crippen LogP contribution in [0.25, 0.3) is 0 Å². The highest BCUT2D eigenvalue weighted by atomic mass is 16.6. The maximum Gasteiger partial charge on any atom is 0.325 e. The van der Waals surface area contributed by atoms with Crippen LogP contribution in [0.2, 0.25) is 0 Å². The predicted molar refractivity (Wildman–Crippen MR) is 189 cm³/mol. The zero-order valence-electron chi connectivity index (χ0n) is 28.4. The van der Waals surface area contributed by atoms with E-state index in [1.165, 1.54) is 48.3 Å². The largest absolute Gasteiger partial charge is 0.495 e. The molecule has 0 aliphatic carbocycles. The third-order valence-corrected chi connectivity index (χ3v) is 7.03. The topological polar surface area (TPSA) is 221 Å². The molecule has 0 aromatic heterocycles. The van der Waals surface area contributed by atoms with Gasteiger partial charge in [-0.1, -0.05) is 60.7 Å². The van der Waals surface area contributed by atoms with Gasteiger partial charge in [0.1, 0.15) is 50.9 Å². The van der Waals surface area contributed by atoms with Gasteiger partial charge in [-0.05, 0) is 35.4 Å². The number of carboxylic acids is 2. The Hall–Kier alpha value is -6.84. The van der Waals surface area contributed by atoms with E-state index in [0.717, 1.165) is 11.1 Å². The van der Waals surface area contributed by atoms with Crippen molar-refractivity contribution >= 4 is 46.6 Å². The number of aliphatic carboxylic acids is 2. The second kappa shape index (κ2) is 20.0. The maximum atomic E-state index is 12.6. The molecular weight excluding hydrogens is 680 g/mol. The molecule has 4 aromatic carbocycles. The lowest BCUT2D eigenvalue weighted by Crippen LogP contribution is -2.36. The lowest BCUT2D eigenvalue weighted by molar-refractivity contribution is -0.384. The van der Waals surface area contributed by atoms with Crippen LogP contribution in [0.1, 0.15) is 11.1 Å². The van der Waals surface area contributed by atoms with Gasteiger partial charge in [-0.15, -0.1) is 0 Å². The van der Waals surface area contributed by atoms with Crippen LogP contribution in [0.4, 0.5) is 22.7 Å². The van der Waals surface area contributed by atoms with Crippen LogP contribution in [0.5, 0.6) is 11.5 Å². The summed E-state index contributed by atoms with van der Waals surface area (Å²) in [5, 5.41) is 28.9. The Morgan fingerprint density at radius 2 is 1.08 bits per heavy atom. The molecule has 52 heavy (non-hydrogen) atoms. The van der Waals surface area contributed by atoms with Crippen molar-refractivity contribution < 1.29 is 53.3 Å². The number of carboxylic acid groups (broad SMARTS) is 2. The molecule has 0 bridgehead atoms. The molecular formula is C36H38N4O12. The highest BCUT2D eigenvalue weighted by Gasteiger charge is 2.23. The first kappa shape index (κ1) is 39.6. The predicted octanol–water partition coefficient (Wildman–Crippen LogP) is 4.15. The summed E-state index contributed by atoms with van der Waals surface area (Å²) in [6, 6.07) is 26.8. The second-order valence-corrected chi connectivity index (χ2v) is 10.8. The number of methoxy groups -OCH3 is 2. The van der Waals surface area contributed by atoms with Gasteiger partial charge in [0.25, 0.3) is 5.69 Å². The molecule has 0 saturated heterocycles. The van der Waals surface area contributed by atoms with E-state index in [2.05, 4.69) is 0 Å². The number of non-ortho nitro benzene ring substituents is 1. The smallest absolute Gasteiger partial charge is 0.325 e. The number of nitrogens with two attached hydrogens (primary N) is 1. The van der Waals surface area contributed by atoms with Crippen molar-refractivity contribution in [2.75, 3.05) is 55.9 Å². The van der Waals surface area contributed by atoms with Crippen molar-refractivity contribution in [3.05, 3.63) is 118 Å². The molecule has 0 heterocycles. The minimum atomic E-state index is -1.14. The SMILES string of the molecule is COc1ccc(N)cc1N(CC(=O)O)CC(=O)O.COc1ccc([N+](=O)[O-])cc1N(CC(=O)OCc1ccccc1)CC(=O)OCc1ccccc1. The zero-order valence-corrected chi connectivity index (χ0v) is 28.4. The molecule has 0 unspecified atom stereocenters. The minimum absolute atomic E-state index is 0.0536. The molecule has 0 aliphatic heterocycles. The number of benzene rings is 4. The summed E-state index contributed by atoms with van der Waals surface area (Å²) < 4.78 is 21.0. The van der Waals surface area contributed by atoms with Crippen LogP contribution in [-0.4, -0.2) is 79.4 Å². The normalized spacial score (nSPS) is 10.1. The Morgan fingerprint density at radius 1 is 0.654 bits per heavy atom. The number of hydrogen-bond acceptors (Lipinski definition) is 13. The van der Waals surface area contributed by atoms with Crippen LogP contribution in [0, 0.1) is 10.1 Å². The quantitative estimate of drug-likeness (QED) is 0.0604. The minimum Gasteiger partial charge on any atom is -0.495 e. The molecule has 0 amide bonds. The molecule has 0 saturated carbocycles. The average molecular weight is 719 g/mol. The Morgan fingerprint density at radius 3 is 1.50 bits per heavy atom. The fourth-order valence-electron chi connectivity index (χ4n) is 4.65. The maximum absolute atomic E-state index is 12.6. The molecule has 274 valence electrons. The Balaban J connectivity index is 0.000000341. The van der Waals surface area contributed by atoms with Crippen molar-refractivity contribution in [2.45, 2.75) is 13.2 Å². The van der Waals surface area contributed by atoms with Gasteiger partial charge < -0.3 is 44.7 Å².